The van der Waals surface area contributed by atoms with Gasteiger partial charge in [0.2, 0.25) is 0 Å². The van der Waals surface area contributed by atoms with Crippen molar-refractivity contribution in [1.82, 2.24) is 0 Å². The quantitative estimate of drug-likeness (QED) is 0.478. The van der Waals surface area contributed by atoms with Gasteiger partial charge in [-0.2, -0.15) is 5.26 Å². The zero-order valence-corrected chi connectivity index (χ0v) is 10.3. The number of unbranched alkanes of at least 4 members (excludes halogenated alkanes) is 1. The molecule has 0 unspecified atom stereocenters. The van der Waals surface area contributed by atoms with Crippen molar-refractivity contribution in [3.63, 3.8) is 0 Å². The molecule has 0 aromatic heterocycles. The highest BCUT2D eigenvalue weighted by Crippen LogP contribution is 2.35. The fourth-order valence-electron chi connectivity index (χ4n) is 1.54. The monoisotopic (exact) mass is 264 g/mol. The summed E-state index contributed by atoms with van der Waals surface area (Å²) >= 11 is 0. The van der Waals surface area contributed by atoms with E-state index >= 15 is 0 Å². The number of rotatable bonds is 6. The van der Waals surface area contributed by atoms with Crippen LogP contribution >= 0.6 is 0 Å². The second-order valence-electron chi connectivity index (χ2n) is 3.80. The summed E-state index contributed by atoms with van der Waals surface area (Å²) in [6.45, 7) is 2.33. The van der Waals surface area contributed by atoms with Crippen LogP contribution in [0.1, 0.15) is 25.3 Å². The Bertz CT molecular complexity index is 515. The maximum absolute atomic E-state index is 10.9. The number of nitriles is 1. The van der Waals surface area contributed by atoms with Crippen LogP contribution in [0.4, 0.5) is 17.1 Å². The number of benzene rings is 1. The topological polar surface area (TPSA) is 122 Å². The maximum atomic E-state index is 10.9. The van der Waals surface area contributed by atoms with Crippen LogP contribution < -0.4 is 5.32 Å². The van der Waals surface area contributed by atoms with Gasteiger partial charge in [-0.15, -0.1) is 0 Å². The minimum Gasteiger partial charge on any atom is -0.374 e. The highest BCUT2D eigenvalue weighted by atomic mass is 16.6. The Morgan fingerprint density at radius 1 is 1.26 bits per heavy atom. The Labute approximate surface area is 109 Å². The molecular formula is C11H12N4O4. The summed E-state index contributed by atoms with van der Waals surface area (Å²) < 4.78 is 0. The molecule has 0 aliphatic carbocycles. The van der Waals surface area contributed by atoms with Crippen molar-refractivity contribution in [3.8, 4) is 6.07 Å². The lowest BCUT2D eigenvalue weighted by Crippen LogP contribution is -2.07. The Morgan fingerprint density at radius 3 is 2.16 bits per heavy atom. The fraction of sp³-hybridized carbons (Fsp3) is 0.364. The van der Waals surface area contributed by atoms with Gasteiger partial charge in [0.15, 0.2) is 5.69 Å². The summed E-state index contributed by atoms with van der Waals surface area (Å²) in [7, 11) is 0. The molecule has 0 amide bonds. The van der Waals surface area contributed by atoms with Crippen molar-refractivity contribution in [3.05, 3.63) is 37.9 Å². The lowest BCUT2D eigenvalue weighted by atomic mass is 10.1. The molecule has 1 N–H and O–H groups in total. The molecule has 0 radical (unpaired) electrons. The summed E-state index contributed by atoms with van der Waals surface area (Å²) in [5.41, 5.74) is -1.18. The van der Waals surface area contributed by atoms with Crippen LogP contribution in [0, 0.1) is 31.6 Å². The van der Waals surface area contributed by atoms with Crippen molar-refractivity contribution in [2.24, 2.45) is 0 Å². The average molecular weight is 264 g/mol. The van der Waals surface area contributed by atoms with E-state index in [0.717, 1.165) is 25.0 Å². The largest absolute Gasteiger partial charge is 0.374 e. The second kappa shape index (κ2) is 6.30. The highest BCUT2D eigenvalue weighted by Gasteiger charge is 2.26. The van der Waals surface area contributed by atoms with E-state index in [4.69, 9.17) is 5.26 Å². The van der Waals surface area contributed by atoms with Gasteiger partial charge >= 0.3 is 11.4 Å². The molecule has 0 aliphatic rings. The number of nitro benzene ring substituents is 2. The van der Waals surface area contributed by atoms with Gasteiger partial charge in [-0.3, -0.25) is 20.2 Å². The molecular weight excluding hydrogens is 252 g/mol. The Balaban J connectivity index is 3.33. The highest BCUT2D eigenvalue weighted by molar-refractivity contribution is 5.75. The third-order valence-corrected chi connectivity index (χ3v) is 2.45. The average Bonchev–Trinajstić information content (AvgIpc) is 2.38. The SMILES string of the molecule is CCCCNc1c([N+](=O)[O-])cc(C#N)cc1[N+](=O)[O-]. The summed E-state index contributed by atoms with van der Waals surface area (Å²) in [5, 5.41) is 33.3. The number of anilines is 1. The molecule has 1 aromatic rings. The van der Waals surface area contributed by atoms with Gasteiger partial charge < -0.3 is 5.32 Å². The van der Waals surface area contributed by atoms with Gasteiger partial charge in [0.1, 0.15) is 0 Å². The lowest BCUT2D eigenvalue weighted by molar-refractivity contribution is -0.392. The van der Waals surface area contributed by atoms with Gasteiger partial charge in [0.05, 0.1) is 21.5 Å². The molecule has 0 fully saturated rings. The molecule has 8 nitrogen and oxygen atoms in total. The molecule has 0 aliphatic heterocycles. The molecule has 0 spiro atoms. The summed E-state index contributed by atoms with van der Waals surface area (Å²) in [6, 6.07) is 3.73. The first-order valence-corrected chi connectivity index (χ1v) is 5.62. The number of hydrogen-bond acceptors (Lipinski definition) is 6. The van der Waals surface area contributed by atoms with Crippen LogP contribution in [0.5, 0.6) is 0 Å². The molecule has 0 bridgehead atoms. The number of nitrogens with zero attached hydrogens (tertiary/aromatic N) is 3. The van der Waals surface area contributed by atoms with Gasteiger partial charge in [-0.25, -0.2) is 0 Å². The van der Waals surface area contributed by atoms with Crippen LogP contribution in [0.2, 0.25) is 0 Å². The van der Waals surface area contributed by atoms with Crippen LogP contribution in [0.15, 0.2) is 12.1 Å². The van der Waals surface area contributed by atoms with Crippen molar-refractivity contribution < 1.29 is 9.85 Å². The lowest BCUT2D eigenvalue weighted by Gasteiger charge is -2.07. The number of hydrogen-bond donors (Lipinski definition) is 1. The number of nitro groups is 2. The van der Waals surface area contributed by atoms with E-state index in [1.165, 1.54) is 0 Å². The predicted molar refractivity (Wildman–Crippen MR) is 67.9 cm³/mol. The van der Waals surface area contributed by atoms with Crippen molar-refractivity contribution in [2.45, 2.75) is 19.8 Å². The molecule has 19 heavy (non-hydrogen) atoms. The minimum absolute atomic E-state index is 0.112. The van der Waals surface area contributed by atoms with E-state index in [-0.39, 0.29) is 11.3 Å². The van der Waals surface area contributed by atoms with Crippen LogP contribution in [0.25, 0.3) is 0 Å². The first-order chi connectivity index (χ1) is 9.01. The first-order valence-electron chi connectivity index (χ1n) is 5.62. The minimum atomic E-state index is -0.734. The zero-order chi connectivity index (χ0) is 14.4. The van der Waals surface area contributed by atoms with Gasteiger partial charge in [-0.1, -0.05) is 13.3 Å². The second-order valence-corrected chi connectivity index (χ2v) is 3.80. The predicted octanol–water partition coefficient (Wildman–Crippen LogP) is 2.59. The summed E-state index contributed by atoms with van der Waals surface area (Å²) in [4.78, 5) is 20.4. The third-order valence-electron chi connectivity index (χ3n) is 2.45. The summed E-state index contributed by atoms with van der Waals surface area (Å²) in [5.74, 6) is 0. The van der Waals surface area contributed by atoms with E-state index in [2.05, 4.69) is 5.32 Å². The van der Waals surface area contributed by atoms with Crippen LogP contribution in [-0.2, 0) is 0 Å². The molecule has 0 saturated carbocycles. The standard InChI is InChI=1S/C11H12N4O4/c1-2-3-4-13-11-9(14(16)17)5-8(7-12)6-10(11)15(18)19/h5-6,13H,2-4H2,1H3. The molecule has 0 saturated heterocycles. The fourth-order valence-corrected chi connectivity index (χ4v) is 1.54. The normalized spacial score (nSPS) is 9.68. The van der Waals surface area contributed by atoms with Crippen molar-refractivity contribution in [2.75, 3.05) is 11.9 Å². The van der Waals surface area contributed by atoms with Gasteiger partial charge in [0, 0.05) is 18.7 Å². The molecule has 0 heterocycles. The number of nitrogens with one attached hydrogen (secondary N) is 1. The van der Waals surface area contributed by atoms with Crippen LogP contribution in [-0.4, -0.2) is 16.4 Å². The van der Waals surface area contributed by atoms with E-state index in [0.29, 0.717) is 6.54 Å². The van der Waals surface area contributed by atoms with Gasteiger partial charge in [-0.05, 0) is 6.42 Å². The molecule has 1 aromatic carbocycles. The molecule has 100 valence electrons. The van der Waals surface area contributed by atoms with E-state index < -0.39 is 21.2 Å². The Hall–Kier alpha value is -2.69. The van der Waals surface area contributed by atoms with E-state index in [1.807, 2.05) is 6.92 Å². The summed E-state index contributed by atoms with van der Waals surface area (Å²) in [6.07, 6.45) is 1.58. The first kappa shape index (κ1) is 14.4. The maximum Gasteiger partial charge on any atom is 0.300 e. The molecule has 1 rings (SSSR count). The van der Waals surface area contributed by atoms with E-state index in [1.54, 1.807) is 6.07 Å². The Kier molecular flexibility index (Phi) is 4.76. The van der Waals surface area contributed by atoms with Gasteiger partial charge in [0.25, 0.3) is 0 Å². The zero-order valence-electron chi connectivity index (χ0n) is 10.3. The Morgan fingerprint density at radius 2 is 1.79 bits per heavy atom. The van der Waals surface area contributed by atoms with Crippen molar-refractivity contribution in [1.29, 1.82) is 5.26 Å². The molecule has 0 atom stereocenters. The van der Waals surface area contributed by atoms with Crippen molar-refractivity contribution >= 4 is 17.1 Å². The smallest absolute Gasteiger partial charge is 0.300 e. The van der Waals surface area contributed by atoms with E-state index in [9.17, 15) is 20.2 Å². The van der Waals surface area contributed by atoms with Crippen LogP contribution in [0.3, 0.4) is 0 Å². The molecule has 8 heteroatoms. The third kappa shape index (κ3) is 3.38.